The molecule has 130 valence electrons. The van der Waals surface area contributed by atoms with Crippen LogP contribution in [-0.2, 0) is 19.4 Å². The number of halogens is 1. The maximum Gasteiger partial charge on any atom is 0.248 e. The van der Waals surface area contributed by atoms with Gasteiger partial charge in [-0.15, -0.1) is 5.10 Å². The van der Waals surface area contributed by atoms with Gasteiger partial charge in [-0.3, -0.25) is 0 Å². The monoisotopic (exact) mass is 350 g/mol. The summed E-state index contributed by atoms with van der Waals surface area (Å²) in [4.78, 5) is 4.24. The molecule has 2 aromatic heterocycles. The van der Waals surface area contributed by atoms with Crippen LogP contribution in [0.2, 0.25) is 0 Å². The number of hydrogen-bond donors (Lipinski definition) is 0. The Morgan fingerprint density at radius 3 is 2.62 bits per heavy atom. The summed E-state index contributed by atoms with van der Waals surface area (Å²) in [5, 5.41) is 15.6. The first-order valence-corrected chi connectivity index (χ1v) is 8.16. The normalized spacial score (nSPS) is 11.0. The number of aromatic nitrogens is 6. The van der Waals surface area contributed by atoms with Crippen LogP contribution in [0.15, 0.2) is 59.1 Å². The van der Waals surface area contributed by atoms with Gasteiger partial charge in [0.2, 0.25) is 11.7 Å². The summed E-state index contributed by atoms with van der Waals surface area (Å²) in [6.07, 6.45) is 1.51. The molecule has 4 rings (SSSR count). The quantitative estimate of drug-likeness (QED) is 0.532. The highest BCUT2D eigenvalue weighted by Gasteiger charge is 2.15. The molecule has 7 nitrogen and oxygen atoms in total. The van der Waals surface area contributed by atoms with Gasteiger partial charge in [-0.25, -0.2) is 9.07 Å². The average molecular weight is 350 g/mol. The summed E-state index contributed by atoms with van der Waals surface area (Å²) in [6, 6.07) is 16.4. The zero-order valence-electron chi connectivity index (χ0n) is 13.8. The van der Waals surface area contributed by atoms with E-state index < -0.39 is 5.82 Å². The van der Waals surface area contributed by atoms with Gasteiger partial charge in [0.05, 0.1) is 5.56 Å². The van der Waals surface area contributed by atoms with E-state index in [-0.39, 0.29) is 12.4 Å². The summed E-state index contributed by atoms with van der Waals surface area (Å²) in [5.41, 5.74) is 1.50. The molecule has 8 heteroatoms. The first-order chi connectivity index (χ1) is 12.8. The van der Waals surface area contributed by atoms with Crippen molar-refractivity contribution in [1.82, 2.24) is 30.3 Å². The summed E-state index contributed by atoms with van der Waals surface area (Å²) in [5.74, 6) is 0.846. The maximum atomic E-state index is 13.8. The largest absolute Gasteiger partial charge is 0.337 e. The SMILES string of the molecule is Fc1ccccc1-c1noc(Cn2nnnc2CCc2ccccc2)n1. The number of benzene rings is 2. The fourth-order valence-electron chi connectivity index (χ4n) is 2.63. The summed E-state index contributed by atoms with van der Waals surface area (Å²) < 4.78 is 20.7. The van der Waals surface area contributed by atoms with Crippen molar-refractivity contribution in [1.29, 1.82) is 0 Å². The molecule has 0 N–H and O–H groups in total. The van der Waals surface area contributed by atoms with E-state index in [4.69, 9.17) is 4.52 Å². The molecule has 0 bridgehead atoms. The highest BCUT2D eigenvalue weighted by atomic mass is 19.1. The van der Waals surface area contributed by atoms with Crippen molar-refractivity contribution in [3.63, 3.8) is 0 Å². The van der Waals surface area contributed by atoms with Crippen LogP contribution in [0, 0.1) is 5.82 Å². The van der Waals surface area contributed by atoms with E-state index in [1.807, 2.05) is 18.2 Å². The van der Waals surface area contributed by atoms with Crippen molar-refractivity contribution in [3.8, 4) is 11.4 Å². The van der Waals surface area contributed by atoms with Crippen LogP contribution < -0.4 is 0 Å². The van der Waals surface area contributed by atoms with Gasteiger partial charge in [-0.05, 0) is 34.5 Å². The molecule has 0 spiro atoms. The highest BCUT2D eigenvalue weighted by Crippen LogP contribution is 2.19. The minimum atomic E-state index is -0.397. The number of nitrogens with zero attached hydrogens (tertiary/aromatic N) is 6. The Morgan fingerprint density at radius 2 is 1.77 bits per heavy atom. The van der Waals surface area contributed by atoms with Crippen molar-refractivity contribution in [2.24, 2.45) is 0 Å². The van der Waals surface area contributed by atoms with Gasteiger partial charge in [0.25, 0.3) is 0 Å². The Hall–Kier alpha value is -3.42. The number of tetrazole rings is 1. The fourth-order valence-corrected chi connectivity index (χ4v) is 2.63. The molecule has 0 amide bonds. The van der Waals surface area contributed by atoms with Crippen LogP contribution >= 0.6 is 0 Å². The average Bonchev–Trinajstić information content (AvgIpc) is 3.31. The Morgan fingerprint density at radius 1 is 0.962 bits per heavy atom. The third kappa shape index (κ3) is 3.49. The molecule has 0 aliphatic heterocycles. The zero-order chi connectivity index (χ0) is 17.8. The van der Waals surface area contributed by atoms with E-state index in [0.29, 0.717) is 17.9 Å². The van der Waals surface area contributed by atoms with Crippen LogP contribution in [0.25, 0.3) is 11.4 Å². The van der Waals surface area contributed by atoms with Gasteiger partial charge in [0, 0.05) is 6.42 Å². The first-order valence-electron chi connectivity index (χ1n) is 8.16. The molecule has 0 aliphatic carbocycles. The van der Waals surface area contributed by atoms with E-state index in [1.165, 1.54) is 11.6 Å². The van der Waals surface area contributed by atoms with E-state index in [9.17, 15) is 4.39 Å². The lowest BCUT2D eigenvalue weighted by molar-refractivity contribution is 0.362. The van der Waals surface area contributed by atoms with E-state index >= 15 is 0 Å². The Kier molecular flexibility index (Phi) is 4.46. The Bertz CT molecular complexity index is 998. The van der Waals surface area contributed by atoms with Crippen LogP contribution in [0.4, 0.5) is 4.39 Å². The minimum Gasteiger partial charge on any atom is -0.337 e. The lowest BCUT2D eigenvalue weighted by Crippen LogP contribution is -2.08. The van der Waals surface area contributed by atoms with Crippen molar-refractivity contribution < 1.29 is 8.91 Å². The van der Waals surface area contributed by atoms with Crippen LogP contribution in [0.5, 0.6) is 0 Å². The molecule has 4 aromatic rings. The predicted molar refractivity (Wildman–Crippen MR) is 90.5 cm³/mol. The van der Waals surface area contributed by atoms with Gasteiger partial charge in [-0.2, -0.15) is 4.98 Å². The van der Waals surface area contributed by atoms with Gasteiger partial charge in [0.1, 0.15) is 12.4 Å². The minimum absolute atomic E-state index is 0.206. The lowest BCUT2D eigenvalue weighted by atomic mass is 10.1. The molecule has 2 aromatic carbocycles. The predicted octanol–water partition coefficient (Wildman–Crippen LogP) is 2.70. The van der Waals surface area contributed by atoms with Crippen molar-refractivity contribution in [2.75, 3.05) is 0 Å². The molecular formula is C18H15FN6O. The smallest absolute Gasteiger partial charge is 0.248 e. The zero-order valence-corrected chi connectivity index (χ0v) is 13.8. The molecule has 2 heterocycles. The van der Waals surface area contributed by atoms with E-state index in [2.05, 4.69) is 37.8 Å². The van der Waals surface area contributed by atoms with Crippen molar-refractivity contribution in [3.05, 3.63) is 77.7 Å². The molecule has 0 saturated carbocycles. The first kappa shape index (κ1) is 16.1. The second-order valence-corrected chi connectivity index (χ2v) is 5.73. The summed E-state index contributed by atoms with van der Waals surface area (Å²) in [7, 11) is 0. The van der Waals surface area contributed by atoms with Crippen LogP contribution in [0.1, 0.15) is 17.3 Å². The van der Waals surface area contributed by atoms with Crippen LogP contribution in [-0.4, -0.2) is 30.3 Å². The van der Waals surface area contributed by atoms with Gasteiger partial charge < -0.3 is 4.52 Å². The standard InChI is InChI=1S/C18H15FN6O/c19-15-9-5-4-8-14(15)18-20-17(26-22-18)12-25-16(21-23-24-25)11-10-13-6-2-1-3-7-13/h1-9H,10-12H2. The van der Waals surface area contributed by atoms with Gasteiger partial charge in [-0.1, -0.05) is 47.6 Å². The van der Waals surface area contributed by atoms with Gasteiger partial charge in [0.15, 0.2) is 5.82 Å². The maximum absolute atomic E-state index is 13.8. The molecule has 0 saturated heterocycles. The lowest BCUT2D eigenvalue weighted by Gasteiger charge is -2.02. The van der Waals surface area contributed by atoms with E-state index in [0.717, 1.165) is 12.2 Å². The van der Waals surface area contributed by atoms with Gasteiger partial charge >= 0.3 is 0 Å². The van der Waals surface area contributed by atoms with Crippen molar-refractivity contribution in [2.45, 2.75) is 19.4 Å². The highest BCUT2D eigenvalue weighted by molar-refractivity contribution is 5.54. The second kappa shape index (κ2) is 7.22. The molecule has 0 atom stereocenters. The summed E-state index contributed by atoms with van der Waals surface area (Å²) >= 11 is 0. The molecule has 0 aliphatic rings. The molecule has 0 unspecified atom stereocenters. The van der Waals surface area contributed by atoms with Crippen molar-refractivity contribution >= 4 is 0 Å². The second-order valence-electron chi connectivity index (χ2n) is 5.73. The number of hydrogen-bond acceptors (Lipinski definition) is 6. The third-order valence-corrected chi connectivity index (χ3v) is 3.95. The molecular weight excluding hydrogens is 335 g/mol. The van der Waals surface area contributed by atoms with Crippen LogP contribution in [0.3, 0.4) is 0 Å². The van der Waals surface area contributed by atoms with E-state index in [1.54, 1.807) is 22.9 Å². The third-order valence-electron chi connectivity index (χ3n) is 3.95. The topological polar surface area (TPSA) is 82.5 Å². The molecule has 0 radical (unpaired) electrons. The molecule has 26 heavy (non-hydrogen) atoms. The fraction of sp³-hybridized carbons (Fsp3) is 0.167. The Balaban J connectivity index is 1.47. The summed E-state index contributed by atoms with van der Waals surface area (Å²) in [6.45, 7) is 0.235. The number of rotatable bonds is 6. The Labute approximate surface area is 148 Å². The molecule has 0 fully saturated rings. The number of aryl methyl sites for hydroxylation is 2.